The van der Waals surface area contributed by atoms with Crippen molar-refractivity contribution >= 4 is 27.0 Å². The van der Waals surface area contributed by atoms with E-state index in [-0.39, 0.29) is 18.0 Å². The first-order chi connectivity index (χ1) is 11.3. The molecule has 1 saturated carbocycles. The smallest absolute Gasteiger partial charge is 0.164 e. The second kappa shape index (κ2) is 6.11. The molecule has 0 radical (unpaired) electrons. The molecule has 3 rings (SSSR count). The number of ketones is 1. The fourth-order valence-corrected chi connectivity index (χ4v) is 4.24. The normalized spacial score (nSPS) is 17.2. The molecule has 9 heteroatoms. The molecule has 0 aromatic carbocycles. The summed E-state index contributed by atoms with van der Waals surface area (Å²) in [7, 11) is -3.29. The zero-order valence-corrected chi connectivity index (χ0v) is 14.7. The van der Waals surface area contributed by atoms with Gasteiger partial charge in [-0.2, -0.15) is 16.6 Å². The molecule has 2 heterocycles. The first-order valence-electron chi connectivity index (χ1n) is 7.40. The minimum absolute atomic E-state index is 0.0437. The Balaban J connectivity index is 1.85. The number of carbonyl (C=O) groups excluding carboxylic acids is 1. The molecule has 126 valence electrons. The number of aromatic nitrogens is 3. The van der Waals surface area contributed by atoms with Crippen molar-refractivity contribution in [2.24, 2.45) is 0 Å². The highest BCUT2D eigenvalue weighted by molar-refractivity contribution is 7.90. The van der Waals surface area contributed by atoms with Crippen LogP contribution < -0.4 is 0 Å². The van der Waals surface area contributed by atoms with Gasteiger partial charge in [0.2, 0.25) is 0 Å². The average molecular weight is 364 g/mol. The Kier molecular flexibility index (Phi) is 4.27. The lowest BCUT2D eigenvalue weighted by Gasteiger charge is -2.12. The molecule has 0 unspecified atom stereocenters. The van der Waals surface area contributed by atoms with Gasteiger partial charge < -0.3 is 0 Å². The van der Waals surface area contributed by atoms with E-state index in [9.17, 15) is 18.5 Å². The maximum atomic E-state index is 12.4. The molecule has 1 atom stereocenters. The van der Waals surface area contributed by atoms with E-state index in [0.717, 1.165) is 6.26 Å². The van der Waals surface area contributed by atoms with E-state index in [4.69, 9.17) is 0 Å². The first-order valence-corrected chi connectivity index (χ1v) is 10.4. The Bertz CT molecular complexity index is 890. The maximum absolute atomic E-state index is 12.4. The summed E-state index contributed by atoms with van der Waals surface area (Å²) in [4.78, 5) is 12.4. The van der Waals surface area contributed by atoms with Gasteiger partial charge in [-0.15, -0.1) is 5.10 Å². The van der Waals surface area contributed by atoms with Crippen LogP contribution in [0.3, 0.4) is 0 Å². The molecule has 0 bridgehead atoms. The molecule has 1 aliphatic carbocycles. The van der Waals surface area contributed by atoms with E-state index in [0.29, 0.717) is 24.1 Å². The number of Topliss-reactive ketones (excluding diaryl/α,β-unsaturated/α-hetero) is 1. The topological polar surface area (TPSA) is 106 Å². The van der Waals surface area contributed by atoms with Crippen LogP contribution in [0.15, 0.2) is 23.0 Å². The summed E-state index contributed by atoms with van der Waals surface area (Å²) in [6.07, 6.45) is 4.19. The van der Waals surface area contributed by atoms with Crippen LogP contribution in [0.5, 0.6) is 0 Å². The third-order valence-corrected chi connectivity index (χ3v) is 5.77. The predicted molar refractivity (Wildman–Crippen MR) is 88.6 cm³/mol. The van der Waals surface area contributed by atoms with Crippen LogP contribution in [0.2, 0.25) is 0 Å². The monoisotopic (exact) mass is 364 g/mol. The van der Waals surface area contributed by atoms with Gasteiger partial charge in [-0.25, -0.2) is 13.1 Å². The standard InChI is InChI=1S/C15H16N4O3S2/c1-24(21,22)9-12(6-14(20)11-2-5-23-8-11)13-7-19(18-17-13)15(10-16)3-4-15/h2,5,7-8,12H,3-4,6,9H2,1H3/t12-/m0/s1. The van der Waals surface area contributed by atoms with Crippen molar-refractivity contribution in [2.75, 3.05) is 12.0 Å². The van der Waals surface area contributed by atoms with E-state index in [2.05, 4.69) is 16.4 Å². The summed E-state index contributed by atoms with van der Waals surface area (Å²) in [5, 5.41) is 20.8. The third-order valence-electron chi connectivity index (χ3n) is 4.08. The van der Waals surface area contributed by atoms with Crippen molar-refractivity contribution in [3.8, 4) is 6.07 Å². The van der Waals surface area contributed by atoms with Crippen molar-refractivity contribution in [1.82, 2.24) is 15.0 Å². The van der Waals surface area contributed by atoms with Crippen LogP contribution >= 0.6 is 11.3 Å². The summed E-state index contributed by atoms with van der Waals surface area (Å²) in [6.45, 7) is 0. The molecular weight excluding hydrogens is 348 g/mol. The molecule has 0 spiro atoms. The Morgan fingerprint density at radius 3 is 2.83 bits per heavy atom. The van der Waals surface area contributed by atoms with E-state index < -0.39 is 21.3 Å². The number of thiophene rings is 1. The van der Waals surface area contributed by atoms with Gasteiger partial charge in [0.1, 0.15) is 9.84 Å². The number of hydrogen-bond donors (Lipinski definition) is 0. The molecule has 0 saturated heterocycles. The van der Waals surface area contributed by atoms with Crippen LogP contribution in [-0.4, -0.2) is 41.2 Å². The van der Waals surface area contributed by atoms with Gasteiger partial charge >= 0.3 is 0 Å². The third kappa shape index (κ3) is 3.55. The molecule has 2 aromatic heterocycles. The summed E-state index contributed by atoms with van der Waals surface area (Å²) >= 11 is 1.42. The number of nitriles is 1. The van der Waals surface area contributed by atoms with E-state index >= 15 is 0 Å². The van der Waals surface area contributed by atoms with Crippen LogP contribution in [0.4, 0.5) is 0 Å². The van der Waals surface area contributed by atoms with Gasteiger partial charge in [-0.05, 0) is 24.3 Å². The number of hydrogen-bond acceptors (Lipinski definition) is 7. The summed E-state index contributed by atoms with van der Waals surface area (Å²) in [5.74, 6) is -0.877. The van der Waals surface area contributed by atoms with Crippen LogP contribution in [0, 0.1) is 11.3 Å². The SMILES string of the molecule is CS(=O)(=O)C[C@H](CC(=O)c1ccsc1)c1cn(C2(C#N)CC2)nn1. The Morgan fingerprint density at radius 2 is 2.29 bits per heavy atom. The highest BCUT2D eigenvalue weighted by Gasteiger charge is 2.46. The Labute approximate surface area is 143 Å². The van der Waals surface area contributed by atoms with Crippen molar-refractivity contribution < 1.29 is 13.2 Å². The fourth-order valence-electron chi connectivity index (χ4n) is 2.56. The quantitative estimate of drug-likeness (QED) is 0.693. The van der Waals surface area contributed by atoms with Gasteiger partial charge in [0, 0.05) is 29.5 Å². The summed E-state index contributed by atoms with van der Waals surface area (Å²) in [5.41, 5.74) is 0.352. The average Bonchev–Trinajstić information content (AvgIpc) is 2.94. The zero-order chi connectivity index (χ0) is 17.4. The number of sulfone groups is 1. The van der Waals surface area contributed by atoms with Gasteiger partial charge in [-0.1, -0.05) is 5.21 Å². The molecule has 0 amide bonds. The number of nitrogens with zero attached hydrogens (tertiary/aromatic N) is 4. The van der Waals surface area contributed by atoms with Crippen LogP contribution in [0.1, 0.15) is 41.2 Å². The van der Waals surface area contributed by atoms with E-state index in [1.54, 1.807) is 23.0 Å². The molecule has 7 nitrogen and oxygen atoms in total. The van der Waals surface area contributed by atoms with Crippen molar-refractivity contribution in [3.63, 3.8) is 0 Å². The second-order valence-electron chi connectivity index (χ2n) is 6.16. The highest BCUT2D eigenvalue weighted by atomic mass is 32.2. The van der Waals surface area contributed by atoms with Crippen molar-refractivity contribution in [3.05, 3.63) is 34.3 Å². The predicted octanol–water partition coefficient (Wildman–Crippen LogP) is 1.75. The molecule has 1 fully saturated rings. The molecular formula is C15H16N4O3S2. The number of rotatable bonds is 7. The minimum Gasteiger partial charge on any atom is -0.294 e. The van der Waals surface area contributed by atoms with Gasteiger partial charge in [-0.3, -0.25) is 4.79 Å². The molecule has 0 aliphatic heterocycles. The number of carbonyl (C=O) groups is 1. The molecule has 1 aliphatic rings. The van der Waals surface area contributed by atoms with E-state index in [1.807, 2.05) is 0 Å². The zero-order valence-electron chi connectivity index (χ0n) is 13.0. The van der Waals surface area contributed by atoms with Crippen molar-refractivity contribution in [2.45, 2.75) is 30.7 Å². The van der Waals surface area contributed by atoms with Gasteiger partial charge in [0.15, 0.2) is 11.3 Å². The fraction of sp³-hybridized carbons (Fsp3) is 0.467. The van der Waals surface area contributed by atoms with Gasteiger partial charge in [0.05, 0.1) is 23.7 Å². The summed E-state index contributed by atoms with van der Waals surface area (Å²) in [6, 6.07) is 3.93. The lowest BCUT2D eigenvalue weighted by Crippen LogP contribution is -2.18. The molecule has 0 N–H and O–H groups in total. The molecule has 24 heavy (non-hydrogen) atoms. The Hall–Kier alpha value is -2.05. The minimum atomic E-state index is -3.29. The largest absolute Gasteiger partial charge is 0.294 e. The van der Waals surface area contributed by atoms with Gasteiger partial charge in [0.25, 0.3) is 0 Å². The lowest BCUT2D eigenvalue weighted by molar-refractivity contribution is 0.0976. The lowest BCUT2D eigenvalue weighted by atomic mass is 9.99. The highest BCUT2D eigenvalue weighted by Crippen LogP contribution is 2.42. The Morgan fingerprint density at radius 1 is 1.54 bits per heavy atom. The molecule has 2 aromatic rings. The summed E-state index contributed by atoms with van der Waals surface area (Å²) < 4.78 is 25.0. The van der Waals surface area contributed by atoms with Crippen LogP contribution in [-0.2, 0) is 15.4 Å². The van der Waals surface area contributed by atoms with E-state index in [1.165, 1.54) is 16.0 Å². The van der Waals surface area contributed by atoms with Crippen molar-refractivity contribution in [1.29, 1.82) is 5.26 Å². The maximum Gasteiger partial charge on any atom is 0.164 e. The first kappa shape index (κ1) is 16.8. The van der Waals surface area contributed by atoms with Crippen LogP contribution in [0.25, 0.3) is 0 Å². The second-order valence-corrected chi connectivity index (χ2v) is 9.12.